The molecule has 14 nitrogen and oxygen atoms in total. The summed E-state index contributed by atoms with van der Waals surface area (Å²) >= 11 is 0. The van der Waals surface area contributed by atoms with Gasteiger partial charge in [0.25, 0.3) is 23.6 Å². The molecule has 0 unspecified atom stereocenters. The molecule has 0 atom stereocenters. The van der Waals surface area contributed by atoms with E-state index >= 15 is 0 Å². The molecule has 0 spiro atoms. The van der Waals surface area contributed by atoms with Crippen LogP contribution >= 0.6 is 0 Å². The highest BCUT2D eigenvalue weighted by Gasteiger charge is 2.44. The third-order valence-electron chi connectivity index (χ3n) is 12.0. The van der Waals surface area contributed by atoms with Gasteiger partial charge in [-0.1, -0.05) is 48.5 Å². The van der Waals surface area contributed by atoms with Crippen molar-refractivity contribution in [3.05, 3.63) is 167 Å². The van der Waals surface area contributed by atoms with Crippen molar-refractivity contribution in [1.29, 1.82) is 0 Å². The molecule has 0 aliphatic carbocycles. The minimum absolute atomic E-state index is 0.152. The van der Waals surface area contributed by atoms with Gasteiger partial charge < -0.3 is 39.8 Å². The van der Waals surface area contributed by atoms with Crippen LogP contribution in [-0.2, 0) is 27.4 Å². The van der Waals surface area contributed by atoms with Gasteiger partial charge in [0.1, 0.15) is 22.6 Å². The average Bonchev–Trinajstić information content (AvgIpc) is 3.87. The molecule has 20 heteroatoms. The van der Waals surface area contributed by atoms with Crippen molar-refractivity contribution in [1.82, 2.24) is 9.80 Å². The smallest absolute Gasteiger partial charge is 0.480 e. The largest absolute Gasteiger partial charge is 0.573 e. The number of carboxylic acids is 1. The fraction of sp³-hybridized carbons (Fsp3) is 0.208. The van der Waals surface area contributed by atoms with Crippen molar-refractivity contribution in [3.63, 3.8) is 0 Å². The average molecular weight is 1010 g/mol. The predicted octanol–water partition coefficient (Wildman–Crippen LogP) is 10.7. The molecule has 8 rings (SSSR count). The number of carboxylic acid groups (broad SMARTS) is 1. The summed E-state index contributed by atoms with van der Waals surface area (Å²) in [5, 5.41) is 14.8. The molecule has 0 aromatic heterocycles. The van der Waals surface area contributed by atoms with Crippen LogP contribution in [0.1, 0.15) is 80.3 Å². The number of hydrogen-bond donors (Lipinski definition) is 3. The van der Waals surface area contributed by atoms with Gasteiger partial charge in [-0.2, -0.15) is 0 Å². The highest BCUT2D eigenvalue weighted by molar-refractivity contribution is 6.06. The number of methoxy groups -OCH3 is 1. The molecule has 0 radical (unpaired) electrons. The maximum absolute atomic E-state index is 13.1. The van der Waals surface area contributed by atoms with Gasteiger partial charge in [-0.25, -0.2) is 9.59 Å². The summed E-state index contributed by atoms with van der Waals surface area (Å²) in [7, 11) is 1.28. The first-order chi connectivity index (χ1) is 34.2. The van der Waals surface area contributed by atoms with E-state index in [1.807, 2.05) is 18.2 Å². The lowest BCUT2D eigenvalue weighted by atomic mass is 10.00. The first-order valence-electron chi connectivity index (χ1n) is 22.0. The number of hydrogen-bond acceptors (Lipinski definition) is 9. The second kappa shape index (κ2) is 20.2. The molecule has 0 bridgehead atoms. The van der Waals surface area contributed by atoms with Crippen molar-refractivity contribution in [3.8, 4) is 33.8 Å². The molecule has 2 aliphatic rings. The maximum atomic E-state index is 13.1. The van der Waals surface area contributed by atoms with Gasteiger partial charge in [-0.05, 0) is 146 Å². The zero-order valence-corrected chi connectivity index (χ0v) is 39.4. The highest BCUT2D eigenvalue weighted by Crippen LogP contribution is 2.36. The molecular weight excluding hydrogens is 967 g/mol. The number of fused-ring (bicyclic) bond motifs is 2. The van der Waals surface area contributed by atoms with Gasteiger partial charge in [0.05, 0.1) is 7.11 Å². The molecule has 0 saturated heterocycles. The number of nitrogens with zero attached hydrogens (tertiary/aromatic N) is 2. The summed E-state index contributed by atoms with van der Waals surface area (Å²) in [5.41, 5.74) is 4.39. The third-order valence-corrected chi connectivity index (χ3v) is 12.0. The van der Waals surface area contributed by atoms with Crippen LogP contribution in [0.2, 0.25) is 0 Å². The Morgan fingerprint density at radius 1 is 0.507 bits per heavy atom. The molecule has 3 N–H and O–H groups in total. The highest BCUT2D eigenvalue weighted by atomic mass is 19.4. The van der Waals surface area contributed by atoms with E-state index < -0.39 is 59.1 Å². The van der Waals surface area contributed by atoms with Crippen LogP contribution in [-0.4, -0.2) is 81.4 Å². The normalized spacial score (nSPS) is 13.3. The van der Waals surface area contributed by atoms with Crippen molar-refractivity contribution in [2.75, 3.05) is 17.7 Å². The Morgan fingerprint density at radius 3 is 1.18 bits per heavy atom. The van der Waals surface area contributed by atoms with Crippen LogP contribution in [0.15, 0.2) is 133 Å². The Bertz CT molecular complexity index is 3100. The minimum Gasteiger partial charge on any atom is -0.480 e. The second-order valence-corrected chi connectivity index (χ2v) is 17.6. The number of benzene rings is 6. The van der Waals surface area contributed by atoms with E-state index in [1.54, 1.807) is 80.6 Å². The number of carbonyl (C=O) groups is 6. The molecule has 2 aliphatic heterocycles. The summed E-state index contributed by atoms with van der Waals surface area (Å²) in [6.45, 7) is 6.75. The van der Waals surface area contributed by atoms with Crippen molar-refractivity contribution >= 4 is 46.9 Å². The lowest BCUT2D eigenvalue weighted by molar-refractivity contribution is -0.275. The number of ether oxygens (including phenoxy) is 3. The Hall–Kier alpha value is -8.68. The van der Waals surface area contributed by atoms with Gasteiger partial charge in [-0.3, -0.25) is 19.2 Å². The van der Waals surface area contributed by atoms with Crippen molar-refractivity contribution in [2.24, 2.45) is 0 Å². The van der Waals surface area contributed by atoms with Crippen LogP contribution in [0.4, 0.5) is 37.7 Å². The molecule has 73 heavy (non-hydrogen) atoms. The Labute approximate surface area is 413 Å². The fourth-order valence-corrected chi connectivity index (χ4v) is 7.85. The van der Waals surface area contributed by atoms with Gasteiger partial charge in [-0.15, -0.1) is 26.3 Å². The quantitative estimate of drug-likeness (QED) is 0.0788. The molecule has 6 aromatic carbocycles. The lowest BCUT2D eigenvalue weighted by Crippen LogP contribution is -2.50. The number of rotatable bonds is 12. The van der Waals surface area contributed by atoms with Crippen molar-refractivity contribution in [2.45, 2.75) is 64.6 Å². The Kier molecular flexibility index (Phi) is 14.4. The summed E-state index contributed by atoms with van der Waals surface area (Å²) in [6.07, 6.45) is -9.62. The molecule has 2 heterocycles. The standard InChI is InChI=1S/C27H23F3N2O5.C26H21F3N2O5/c1-26(2,25(35)36-3)32-15-19-5-4-18(14-22(19)24(32)34)16-6-10-20(11-7-16)31-23(33)17-8-12-21(13-9-17)37-27(28,29)30;1-25(2,24(34)35)31-14-18-4-3-17(13-21(18)23(31)33)15-5-9-19(10-6-15)30-22(32)16-7-11-20(12-8-16)36-26(27,28)29/h4-14H,15H2,1-3H3,(H,31,33);3-13H,14H2,1-2H3,(H,30,32)(H,34,35). The van der Waals surface area contributed by atoms with Crippen LogP contribution in [0, 0.1) is 0 Å². The van der Waals surface area contributed by atoms with Crippen LogP contribution in [0.5, 0.6) is 11.5 Å². The molecule has 0 fully saturated rings. The number of esters is 1. The Balaban J connectivity index is 0.000000214. The number of anilines is 2. The lowest BCUT2D eigenvalue weighted by Gasteiger charge is -2.32. The van der Waals surface area contributed by atoms with E-state index in [1.165, 1.54) is 55.0 Å². The molecule has 4 amide bonds. The number of nitrogens with one attached hydrogen (secondary N) is 2. The number of carbonyl (C=O) groups excluding carboxylic acids is 5. The SMILES string of the molecule is CC(C)(C(=O)O)N1Cc2ccc(-c3ccc(NC(=O)c4ccc(OC(F)(F)F)cc4)cc3)cc2C1=O.COC(=O)C(C)(C)N1Cc2ccc(-c3ccc(NC(=O)c4ccc(OC(F)(F)F)cc4)cc3)cc2C1=O. The topological polar surface area (TPSA) is 181 Å². The van der Waals surface area contributed by atoms with Gasteiger partial charge in [0.15, 0.2) is 0 Å². The zero-order valence-electron chi connectivity index (χ0n) is 39.4. The van der Waals surface area contributed by atoms with Gasteiger partial charge >= 0.3 is 24.7 Å². The van der Waals surface area contributed by atoms with Crippen LogP contribution < -0.4 is 20.1 Å². The summed E-state index contributed by atoms with van der Waals surface area (Å²) in [6, 6.07) is 33.7. The van der Waals surface area contributed by atoms with E-state index in [-0.39, 0.29) is 29.5 Å². The van der Waals surface area contributed by atoms with Crippen LogP contribution in [0.3, 0.4) is 0 Å². The number of alkyl halides is 6. The molecule has 378 valence electrons. The first-order valence-corrected chi connectivity index (χ1v) is 22.0. The maximum Gasteiger partial charge on any atom is 0.573 e. The van der Waals surface area contributed by atoms with Crippen LogP contribution in [0.25, 0.3) is 22.3 Å². The monoisotopic (exact) mass is 1010 g/mol. The van der Waals surface area contributed by atoms with E-state index in [4.69, 9.17) is 4.74 Å². The van der Waals surface area contributed by atoms with E-state index in [0.29, 0.717) is 29.0 Å². The predicted molar refractivity (Wildman–Crippen MR) is 253 cm³/mol. The van der Waals surface area contributed by atoms with E-state index in [2.05, 4.69) is 20.1 Å². The summed E-state index contributed by atoms with van der Waals surface area (Å²) < 4.78 is 86.2. The van der Waals surface area contributed by atoms with Crippen molar-refractivity contribution < 1.29 is 74.4 Å². The number of amides is 4. The molecule has 6 aromatic rings. The number of halogens is 6. The van der Waals surface area contributed by atoms with Gasteiger partial charge in [0.2, 0.25) is 0 Å². The fourth-order valence-electron chi connectivity index (χ4n) is 7.85. The second-order valence-electron chi connectivity index (χ2n) is 17.6. The summed E-state index contributed by atoms with van der Waals surface area (Å²) in [5.74, 6) is -4.06. The molecular formula is C53H44F6N4O10. The van der Waals surface area contributed by atoms with Gasteiger partial charge in [0, 0.05) is 46.7 Å². The third kappa shape index (κ3) is 11.9. The first kappa shape index (κ1) is 52.2. The minimum atomic E-state index is -4.81. The summed E-state index contributed by atoms with van der Waals surface area (Å²) in [4.78, 5) is 77.4. The Morgan fingerprint density at radius 2 is 0.849 bits per heavy atom. The van der Waals surface area contributed by atoms with E-state index in [0.717, 1.165) is 57.6 Å². The molecule has 0 saturated carbocycles. The zero-order chi connectivity index (χ0) is 53.2. The number of aliphatic carboxylic acids is 1. The van der Waals surface area contributed by atoms with E-state index in [9.17, 15) is 60.2 Å².